The Balaban J connectivity index is 1.85. The molecule has 15 atom stereocenters. The van der Waals surface area contributed by atoms with Crippen molar-refractivity contribution in [3.63, 3.8) is 0 Å². The van der Waals surface area contributed by atoms with Gasteiger partial charge < -0.3 is 70.7 Å². The maximum absolute atomic E-state index is 12.0. The standard InChI is InChI=1S/C23H39N3O14/c1-6-13(30)19(21(35)38-17(6)20(24)34)40-23-12(26-9(4)29)16(33)18(10(5-27)37-23)39-22-11(25-8(3)28)15(32)14(31)7(2)36-22/h6-7,10-19,21-23,27,30-33,35H,5H2,1-4H3,(H2,24,34)(H,25,28)(H,26,29)/t6-,7+,10+,11+,12+,13-,14+,15+,16+,17-,18+,19+,21-,22-,23-/m0/s1. The number of ether oxygens (including phenoxy) is 5. The Kier molecular flexibility index (Phi) is 10.8. The van der Waals surface area contributed by atoms with Gasteiger partial charge >= 0.3 is 0 Å². The Morgan fingerprint density at radius 2 is 1.30 bits per heavy atom. The van der Waals surface area contributed by atoms with Gasteiger partial charge in [-0.2, -0.15) is 0 Å². The van der Waals surface area contributed by atoms with Gasteiger partial charge in [0.05, 0.1) is 18.8 Å². The first-order chi connectivity index (χ1) is 18.7. The average molecular weight is 582 g/mol. The van der Waals surface area contributed by atoms with Crippen molar-refractivity contribution in [2.24, 2.45) is 11.7 Å². The van der Waals surface area contributed by atoms with Gasteiger partial charge in [-0.25, -0.2) is 0 Å². The molecule has 3 amide bonds. The molecule has 3 aliphatic rings. The number of carbonyl (C=O) groups is 3. The molecule has 0 aliphatic carbocycles. The van der Waals surface area contributed by atoms with Crippen LogP contribution in [0.2, 0.25) is 0 Å². The van der Waals surface area contributed by atoms with Crippen LogP contribution in [0.15, 0.2) is 0 Å². The molecular formula is C23H39N3O14. The largest absolute Gasteiger partial charge is 0.394 e. The van der Waals surface area contributed by atoms with Crippen molar-refractivity contribution >= 4 is 17.7 Å². The molecule has 0 aromatic carbocycles. The zero-order chi connectivity index (χ0) is 30.0. The van der Waals surface area contributed by atoms with E-state index in [1.54, 1.807) is 0 Å². The molecule has 0 saturated carbocycles. The second kappa shape index (κ2) is 13.3. The number of hydrogen-bond acceptors (Lipinski definition) is 14. The van der Waals surface area contributed by atoms with E-state index in [1.165, 1.54) is 20.8 Å². The van der Waals surface area contributed by atoms with Crippen molar-refractivity contribution in [2.45, 2.75) is 114 Å². The first-order valence-corrected chi connectivity index (χ1v) is 12.8. The Bertz CT molecular complexity index is 912. The third-order valence-electron chi connectivity index (χ3n) is 7.22. The first-order valence-electron chi connectivity index (χ1n) is 12.8. The average Bonchev–Trinajstić information content (AvgIpc) is 2.87. The van der Waals surface area contributed by atoms with Crippen LogP contribution in [-0.2, 0) is 38.1 Å². The number of amides is 3. The highest BCUT2D eigenvalue weighted by atomic mass is 16.7. The van der Waals surface area contributed by atoms with E-state index in [0.717, 1.165) is 6.92 Å². The molecule has 40 heavy (non-hydrogen) atoms. The summed E-state index contributed by atoms with van der Waals surface area (Å²) >= 11 is 0. The summed E-state index contributed by atoms with van der Waals surface area (Å²) in [5.74, 6) is -3.05. The fourth-order valence-electron chi connectivity index (χ4n) is 5.05. The molecule has 3 fully saturated rings. The summed E-state index contributed by atoms with van der Waals surface area (Å²) in [6, 6.07) is -2.70. The molecule has 3 rings (SSSR count). The molecule has 0 spiro atoms. The van der Waals surface area contributed by atoms with Crippen molar-refractivity contribution in [3.05, 3.63) is 0 Å². The van der Waals surface area contributed by atoms with Crippen LogP contribution in [0, 0.1) is 5.92 Å². The van der Waals surface area contributed by atoms with Gasteiger partial charge in [0.25, 0.3) is 0 Å². The second-order valence-corrected chi connectivity index (χ2v) is 10.3. The van der Waals surface area contributed by atoms with Crippen LogP contribution >= 0.6 is 0 Å². The third kappa shape index (κ3) is 6.88. The van der Waals surface area contributed by atoms with E-state index in [0.29, 0.717) is 0 Å². The van der Waals surface area contributed by atoms with Gasteiger partial charge in [-0.1, -0.05) is 6.92 Å². The monoisotopic (exact) mass is 581 g/mol. The molecule has 0 aromatic heterocycles. The van der Waals surface area contributed by atoms with Crippen molar-refractivity contribution < 1.29 is 68.7 Å². The topological polar surface area (TPSA) is 269 Å². The van der Waals surface area contributed by atoms with E-state index in [9.17, 15) is 45.0 Å². The number of nitrogens with two attached hydrogens (primary N) is 1. The van der Waals surface area contributed by atoms with Gasteiger partial charge in [0, 0.05) is 19.8 Å². The molecule has 0 unspecified atom stereocenters. The van der Waals surface area contributed by atoms with Crippen LogP contribution in [0.1, 0.15) is 27.7 Å². The molecule has 17 nitrogen and oxygen atoms in total. The molecule has 0 aromatic rings. The van der Waals surface area contributed by atoms with Crippen LogP contribution in [0.25, 0.3) is 0 Å². The summed E-state index contributed by atoms with van der Waals surface area (Å²) < 4.78 is 28.2. The lowest BCUT2D eigenvalue weighted by Crippen LogP contribution is -2.69. The van der Waals surface area contributed by atoms with Crippen molar-refractivity contribution in [2.75, 3.05) is 6.61 Å². The lowest BCUT2D eigenvalue weighted by Gasteiger charge is -2.49. The third-order valence-corrected chi connectivity index (χ3v) is 7.22. The Hall–Kier alpha value is -2.03. The molecule has 3 saturated heterocycles. The number of aliphatic hydroxyl groups excluding tert-OH is 6. The second-order valence-electron chi connectivity index (χ2n) is 10.3. The summed E-state index contributed by atoms with van der Waals surface area (Å²) in [7, 11) is 0. The van der Waals surface area contributed by atoms with E-state index in [4.69, 9.17) is 29.4 Å². The first kappa shape index (κ1) is 32.5. The zero-order valence-corrected chi connectivity index (χ0v) is 22.4. The molecule has 3 heterocycles. The Morgan fingerprint density at radius 1 is 0.775 bits per heavy atom. The van der Waals surface area contributed by atoms with Gasteiger partial charge in [0.1, 0.15) is 54.8 Å². The summed E-state index contributed by atoms with van der Waals surface area (Å²) in [5.41, 5.74) is 5.26. The number of carbonyl (C=O) groups excluding carboxylic acids is 3. The van der Waals surface area contributed by atoms with Crippen molar-refractivity contribution in [1.29, 1.82) is 0 Å². The van der Waals surface area contributed by atoms with Crippen LogP contribution in [0.4, 0.5) is 0 Å². The highest BCUT2D eigenvalue weighted by Crippen LogP contribution is 2.33. The quantitative estimate of drug-likeness (QED) is 0.129. The zero-order valence-electron chi connectivity index (χ0n) is 22.4. The number of hydrogen-bond donors (Lipinski definition) is 9. The highest BCUT2D eigenvalue weighted by Gasteiger charge is 2.54. The van der Waals surface area contributed by atoms with E-state index in [-0.39, 0.29) is 0 Å². The SMILES string of the molecule is CC(=O)N[C@H]1[C@H](O[C@@H]2[C@@H](O)[C@H](C)[C@@H](C(N)=O)O[C@@H]2O)O[C@H](CO)[C@@H](O[C@@H]2O[C@H](C)[C@@H](O)[C@H](O)[C@H]2NC(C)=O)[C@@H]1O. The minimum atomic E-state index is -1.85. The van der Waals surface area contributed by atoms with E-state index < -0.39 is 116 Å². The van der Waals surface area contributed by atoms with Gasteiger partial charge in [-0.05, 0) is 6.92 Å². The molecule has 230 valence electrons. The van der Waals surface area contributed by atoms with Crippen molar-refractivity contribution in [1.82, 2.24) is 10.6 Å². The van der Waals surface area contributed by atoms with Crippen LogP contribution < -0.4 is 16.4 Å². The number of aliphatic hydroxyl groups is 6. The van der Waals surface area contributed by atoms with E-state index >= 15 is 0 Å². The lowest BCUT2D eigenvalue weighted by atomic mass is 9.90. The predicted octanol–water partition coefficient (Wildman–Crippen LogP) is -5.49. The number of rotatable bonds is 8. The van der Waals surface area contributed by atoms with Gasteiger partial charge in [-0.3, -0.25) is 14.4 Å². The maximum Gasteiger partial charge on any atom is 0.247 e. The van der Waals surface area contributed by atoms with Crippen LogP contribution in [-0.4, -0.2) is 141 Å². The number of primary amides is 1. The van der Waals surface area contributed by atoms with E-state index in [1.807, 2.05) is 0 Å². The molecule has 3 aliphatic heterocycles. The molecular weight excluding hydrogens is 542 g/mol. The fourth-order valence-corrected chi connectivity index (χ4v) is 5.05. The maximum atomic E-state index is 12.0. The summed E-state index contributed by atoms with van der Waals surface area (Å²) in [4.78, 5) is 35.4. The summed E-state index contributed by atoms with van der Waals surface area (Å²) in [6.45, 7) is 4.43. The number of nitrogens with one attached hydrogen (secondary N) is 2. The van der Waals surface area contributed by atoms with Crippen LogP contribution in [0.3, 0.4) is 0 Å². The minimum Gasteiger partial charge on any atom is -0.394 e. The van der Waals surface area contributed by atoms with Crippen molar-refractivity contribution in [3.8, 4) is 0 Å². The Morgan fingerprint density at radius 3 is 1.82 bits per heavy atom. The molecule has 10 N–H and O–H groups in total. The Labute approximate surface area is 229 Å². The van der Waals surface area contributed by atoms with Gasteiger partial charge in [0.15, 0.2) is 18.9 Å². The predicted molar refractivity (Wildman–Crippen MR) is 128 cm³/mol. The van der Waals surface area contributed by atoms with Gasteiger partial charge in [0.2, 0.25) is 17.7 Å². The summed E-state index contributed by atoms with van der Waals surface area (Å²) in [6.07, 6.45) is -17.6. The summed E-state index contributed by atoms with van der Waals surface area (Å²) in [5, 5.41) is 68.1. The molecule has 17 heteroatoms. The highest BCUT2D eigenvalue weighted by molar-refractivity contribution is 5.79. The lowest BCUT2D eigenvalue weighted by molar-refractivity contribution is -0.355. The minimum absolute atomic E-state index is 0.577. The molecule has 0 bridgehead atoms. The normalized spacial score (nSPS) is 45.9. The van der Waals surface area contributed by atoms with Gasteiger partial charge in [-0.15, -0.1) is 0 Å². The fraction of sp³-hybridized carbons (Fsp3) is 0.870. The smallest absolute Gasteiger partial charge is 0.247 e. The van der Waals surface area contributed by atoms with E-state index in [2.05, 4.69) is 10.6 Å². The van der Waals surface area contributed by atoms with Crippen LogP contribution in [0.5, 0.6) is 0 Å². The molecule has 0 radical (unpaired) electrons.